The van der Waals surface area contributed by atoms with E-state index in [1.165, 1.54) is 0 Å². The van der Waals surface area contributed by atoms with E-state index in [1.54, 1.807) is 7.05 Å². The van der Waals surface area contributed by atoms with E-state index < -0.39 is 5.60 Å². The number of rotatable bonds is 5. The van der Waals surface area contributed by atoms with E-state index in [2.05, 4.69) is 29.5 Å². The van der Waals surface area contributed by atoms with E-state index in [0.717, 1.165) is 51.4 Å². The number of ether oxygens (including phenoxy) is 1. The number of amides is 1. The van der Waals surface area contributed by atoms with Crippen molar-refractivity contribution < 1.29 is 9.53 Å². The van der Waals surface area contributed by atoms with Gasteiger partial charge in [0.15, 0.2) is 5.96 Å². The molecular formula is C18H36N4O2. The van der Waals surface area contributed by atoms with E-state index in [-0.39, 0.29) is 6.09 Å². The van der Waals surface area contributed by atoms with Gasteiger partial charge in [0.25, 0.3) is 0 Å². The molecule has 0 bridgehead atoms. The van der Waals surface area contributed by atoms with Crippen LogP contribution in [0.25, 0.3) is 0 Å². The van der Waals surface area contributed by atoms with Crippen LogP contribution in [-0.4, -0.2) is 55.8 Å². The maximum Gasteiger partial charge on any atom is 0.410 e. The van der Waals surface area contributed by atoms with Gasteiger partial charge in [-0.2, -0.15) is 0 Å². The number of hydrogen-bond acceptors (Lipinski definition) is 3. The average molecular weight is 341 g/mol. The van der Waals surface area contributed by atoms with Gasteiger partial charge in [-0.05, 0) is 51.9 Å². The van der Waals surface area contributed by atoms with Crippen LogP contribution in [-0.2, 0) is 4.74 Å². The number of aliphatic imine (C=N–C) groups is 1. The lowest BCUT2D eigenvalue weighted by molar-refractivity contribution is 0.0168. The summed E-state index contributed by atoms with van der Waals surface area (Å²) in [6.45, 7) is 13.4. The van der Waals surface area contributed by atoms with Gasteiger partial charge in [-0.1, -0.05) is 13.8 Å². The maximum atomic E-state index is 12.2. The molecule has 0 spiro atoms. The molecule has 1 aliphatic rings. The van der Waals surface area contributed by atoms with Crippen molar-refractivity contribution in [2.75, 3.05) is 33.2 Å². The number of likely N-dealkylation sites (tertiary alicyclic amines) is 1. The Morgan fingerprint density at radius 1 is 1.33 bits per heavy atom. The molecule has 0 radical (unpaired) electrons. The van der Waals surface area contributed by atoms with E-state index >= 15 is 0 Å². The van der Waals surface area contributed by atoms with Crippen LogP contribution in [0.15, 0.2) is 4.99 Å². The van der Waals surface area contributed by atoms with Crippen LogP contribution in [0.1, 0.15) is 53.9 Å². The van der Waals surface area contributed by atoms with Gasteiger partial charge in [-0.3, -0.25) is 4.99 Å². The summed E-state index contributed by atoms with van der Waals surface area (Å²) in [4.78, 5) is 18.3. The Bertz CT molecular complexity index is 416. The molecule has 1 amide bonds. The fourth-order valence-electron chi connectivity index (χ4n) is 2.66. The highest BCUT2D eigenvalue weighted by Gasteiger charge is 2.27. The second kappa shape index (κ2) is 9.74. The van der Waals surface area contributed by atoms with Gasteiger partial charge < -0.3 is 20.3 Å². The van der Waals surface area contributed by atoms with E-state index in [0.29, 0.717) is 11.8 Å². The molecule has 6 heteroatoms. The molecule has 0 aromatic carbocycles. The summed E-state index contributed by atoms with van der Waals surface area (Å²) in [6.07, 6.45) is 3.06. The van der Waals surface area contributed by atoms with Gasteiger partial charge in [0, 0.05) is 33.2 Å². The molecule has 140 valence electrons. The van der Waals surface area contributed by atoms with Gasteiger partial charge in [0.05, 0.1) is 0 Å². The number of nitrogens with one attached hydrogen (secondary N) is 2. The monoisotopic (exact) mass is 340 g/mol. The van der Waals surface area contributed by atoms with Crippen molar-refractivity contribution in [3.8, 4) is 0 Å². The van der Waals surface area contributed by atoms with Gasteiger partial charge >= 0.3 is 6.09 Å². The van der Waals surface area contributed by atoms with Gasteiger partial charge in [-0.15, -0.1) is 0 Å². The zero-order valence-electron chi connectivity index (χ0n) is 16.3. The predicted molar refractivity (Wildman–Crippen MR) is 99.4 cm³/mol. The van der Waals surface area contributed by atoms with Gasteiger partial charge in [0.2, 0.25) is 0 Å². The average Bonchev–Trinajstić information content (AvgIpc) is 2.49. The van der Waals surface area contributed by atoms with Crippen LogP contribution in [0.3, 0.4) is 0 Å². The summed E-state index contributed by atoms with van der Waals surface area (Å²) >= 11 is 0. The first-order valence-corrected chi connectivity index (χ1v) is 9.13. The van der Waals surface area contributed by atoms with Crippen LogP contribution in [0.4, 0.5) is 4.79 Å². The predicted octanol–water partition coefficient (Wildman–Crippen LogP) is 2.84. The Labute approximate surface area is 147 Å². The maximum absolute atomic E-state index is 12.2. The van der Waals surface area contributed by atoms with Gasteiger partial charge in [0.1, 0.15) is 5.60 Å². The molecule has 1 heterocycles. The normalized spacial score (nSPS) is 19.4. The van der Waals surface area contributed by atoms with Crippen LogP contribution >= 0.6 is 0 Å². The van der Waals surface area contributed by atoms with E-state index in [1.807, 2.05) is 25.7 Å². The fraction of sp³-hybridized carbons (Fsp3) is 0.889. The second-order valence-electron chi connectivity index (χ2n) is 8.00. The third-order valence-corrected chi connectivity index (χ3v) is 3.97. The quantitative estimate of drug-likeness (QED) is 0.596. The van der Waals surface area contributed by atoms with Crippen molar-refractivity contribution in [3.63, 3.8) is 0 Å². The number of nitrogens with zero attached hydrogens (tertiary/aromatic N) is 2. The molecular weight excluding hydrogens is 304 g/mol. The molecule has 6 nitrogen and oxygen atoms in total. The Hall–Kier alpha value is -1.46. The summed E-state index contributed by atoms with van der Waals surface area (Å²) in [6, 6.07) is 0. The minimum absolute atomic E-state index is 0.202. The van der Waals surface area contributed by atoms with Crippen LogP contribution < -0.4 is 10.6 Å². The molecule has 0 saturated carbocycles. The Morgan fingerprint density at radius 2 is 2.04 bits per heavy atom. The second-order valence-corrected chi connectivity index (χ2v) is 8.00. The van der Waals surface area contributed by atoms with Crippen LogP contribution in [0.5, 0.6) is 0 Å². The molecule has 1 aliphatic heterocycles. The van der Waals surface area contributed by atoms with Crippen molar-refractivity contribution in [3.05, 3.63) is 0 Å². The SMILES string of the molecule is CN=C(NCCC(C)C)NCC1CCCN(C(=O)OC(C)(C)C)C1. The summed E-state index contributed by atoms with van der Waals surface area (Å²) in [5.74, 6) is 1.94. The lowest BCUT2D eigenvalue weighted by Crippen LogP contribution is -2.47. The Balaban J connectivity index is 2.38. The highest BCUT2D eigenvalue weighted by molar-refractivity contribution is 5.79. The summed E-state index contributed by atoms with van der Waals surface area (Å²) in [5.41, 5.74) is -0.440. The fourth-order valence-corrected chi connectivity index (χ4v) is 2.66. The number of carbonyl (C=O) groups is 1. The molecule has 1 fully saturated rings. The topological polar surface area (TPSA) is 66.0 Å². The summed E-state index contributed by atoms with van der Waals surface area (Å²) < 4.78 is 5.48. The third-order valence-electron chi connectivity index (χ3n) is 3.97. The molecule has 2 N–H and O–H groups in total. The zero-order valence-corrected chi connectivity index (χ0v) is 16.3. The highest BCUT2D eigenvalue weighted by atomic mass is 16.6. The van der Waals surface area contributed by atoms with Crippen molar-refractivity contribution in [1.82, 2.24) is 15.5 Å². The summed E-state index contributed by atoms with van der Waals surface area (Å²) in [5, 5.41) is 6.72. The number of guanidine groups is 1. The molecule has 24 heavy (non-hydrogen) atoms. The number of hydrogen-bond donors (Lipinski definition) is 2. The van der Waals surface area contributed by atoms with Crippen LogP contribution in [0, 0.1) is 11.8 Å². The lowest BCUT2D eigenvalue weighted by Gasteiger charge is -2.34. The smallest absolute Gasteiger partial charge is 0.410 e. The van der Waals surface area contributed by atoms with E-state index in [4.69, 9.17) is 4.74 Å². The van der Waals surface area contributed by atoms with Crippen molar-refractivity contribution in [2.45, 2.75) is 59.5 Å². The van der Waals surface area contributed by atoms with Gasteiger partial charge in [-0.25, -0.2) is 4.79 Å². The summed E-state index contributed by atoms with van der Waals surface area (Å²) in [7, 11) is 1.79. The van der Waals surface area contributed by atoms with E-state index in [9.17, 15) is 4.79 Å². The lowest BCUT2D eigenvalue weighted by atomic mass is 9.98. The first-order chi connectivity index (χ1) is 11.2. The van der Waals surface area contributed by atoms with Crippen molar-refractivity contribution in [2.24, 2.45) is 16.8 Å². The minimum atomic E-state index is -0.440. The Morgan fingerprint density at radius 3 is 2.62 bits per heavy atom. The molecule has 0 aromatic heterocycles. The third kappa shape index (κ3) is 8.41. The molecule has 1 rings (SSSR count). The highest BCUT2D eigenvalue weighted by Crippen LogP contribution is 2.18. The zero-order chi connectivity index (χ0) is 18.2. The molecule has 0 aliphatic carbocycles. The van der Waals surface area contributed by atoms with Crippen molar-refractivity contribution in [1.29, 1.82) is 0 Å². The Kier molecular flexibility index (Phi) is 8.36. The molecule has 1 unspecified atom stereocenters. The molecule has 0 aromatic rings. The van der Waals surface area contributed by atoms with Crippen LogP contribution in [0.2, 0.25) is 0 Å². The largest absolute Gasteiger partial charge is 0.444 e. The standard InChI is InChI=1S/C18H36N4O2/c1-14(2)9-10-20-16(19-6)21-12-15-8-7-11-22(13-15)17(23)24-18(3,4)5/h14-15H,7-13H2,1-6H3,(H2,19,20,21). The number of carbonyl (C=O) groups excluding carboxylic acids is 1. The minimum Gasteiger partial charge on any atom is -0.444 e. The van der Waals surface area contributed by atoms with Crippen molar-refractivity contribution >= 4 is 12.1 Å². The number of piperidine rings is 1. The first-order valence-electron chi connectivity index (χ1n) is 9.13. The first kappa shape index (κ1) is 20.6. The molecule has 1 saturated heterocycles. The molecule has 1 atom stereocenters.